The number of hydrogen-bond acceptors (Lipinski definition) is 4. The highest BCUT2D eigenvalue weighted by Crippen LogP contribution is 2.29. The van der Waals surface area contributed by atoms with Gasteiger partial charge in [-0.05, 0) is 60.5 Å². The van der Waals surface area contributed by atoms with Crippen molar-refractivity contribution in [2.24, 2.45) is 0 Å². The number of nitrogens with one attached hydrogen (secondary N) is 1. The molecule has 0 bridgehead atoms. The van der Waals surface area contributed by atoms with E-state index in [9.17, 15) is 13.2 Å². The van der Waals surface area contributed by atoms with Gasteiger partial charge in [-0.25, -0.2) is 8.42 Å². The highest BCUT2D eigenvalue weighted by atomic mass is 32.2. The summed E-state index contributed by atoms with van der Waals surface area (Å²) in [6.07, 6.45) is 0.791. The fourth-order valence-electron chi connectivity index (χ4n) is 3.37. The third-order valence-electron chi connectivity index (χ3n) is 4.87. The molecule has 1 aliphatic rings. The van der Waals surface area contributed by atoms with Gasteiger partial charge in [0.05, 0.1) is 12.0 Å². The van der Waals surface area contributed by atoms with Crippen LogP contribution in [0.1, 0.15) is 15.9 Å². The predicted octanol–water partition coefficient (Wildman–Crippen LogP) is 3.70. The lowest BCUT2D eigenvalue weighted by atomic mass is 10.1. The highest BCUT2D eigenvalue weighted by molar-refractivity contribution is 7.92. The van der Waals surface area contributed by atoms with Crippen LogP contribution in [0.25, 0.3) is 0 Å². The van der Waals surface area contributed by atoms with E-state index in [0.29, 0.717) is 23.5 Å². The van der Waals surface area contributed by atoms with Crippen molar-refractivity contribution in [2.45, 2.75) is 11.3 Å². The SMILES string of the molecule is COc1ccc(NS(=O)(=O)c2cccc(C(=O)N3CCc4ccccc43)c2)cc1. The van der Waals surface area contributed by atoms with Gasteiger partial charge in [0.2, 0.25) is 0 Å². The van der Waals surface area contributed by atoms with Gasteiger partial charge in [-0.2, -0.15) is 0 Å². The zero-order valence-corrected chi connectivity index (χ0v) is 16.6. The van der Waals surface area contributed by atoms with Crippen LogP contribution in [-0.4, -0.2) is 28.0 Å². The minimum Gasteiger partial charge on any atom is -0.497 e. The minimum atomic E-state index is -3.83. The number of methoxy groups -OCH3 is 1. The molecule has 0 unspecified atom stereocenters. The normalized spacial score (nSPS) is 13.1. The molecule has 1 heterocycles. The summed E-state index contributed by atoms with van der Waals surface area (Å²) in [5, 5.41) is 0. The maximum absolute atomic E-state index is 13.0. The molecular weight excluding hydrogens is 388 g/mol. The fraction of sp³-hybridized carbons (Fsp3) is 0.136. The summed E-state index contributed by atoms with van der Waals surface area (Å²) in [7, 11) is -2.29. The van der Waals surface area contributed by atoms with Crippen molar-refractivity contribution in [3.05, 3.63) is 83.9 Å². The van der Waals surface area contributed by atoms with Crippen LogP contribution in [0, 0.1) is 0 Å². The first-order valence-electron chi connectivity index (χ1n) is 9.15. The second-order valence-corrected chi connectivity index (χ2v) is 8.38. The second-order valence-electron chi connectivity index (χ2n) is 6.70. The molecule has 0 aliphatic carbocycles. The molecular formula is C22H20N2O4S. The van der Waals surface area contributed by atoms with Crippen molar-refractivity contribution in [3.63, 3.8) is 0 Å². The maximum atomic E-state index is 13.0. The van der Waals surface area contributed by atoms with E-state index >= 15 is 0 Å². The topological polar surface area (TPSA) is 75.7 Å². The van der Waals surface area contributed by atoms with Gasteiger partial charge in [0.1, 0.15) is 5.75 Å². The second kappa shape index (κ2) is 7.60. The minimum absolute atomic E-state index is 0.0339. The van der Waals surface area contributed by atoms with Crippen LogP contribution in [0.3, 0.4) is 0 Å². The smallest absolute Gasteiger partial charge is 0.261 e. The summed E-state index contributed by atoms with van der Waals surface area (Å²) in [5.41, 5.74) is 2.74. The van der Waals surface area contributed by atoms with Gasteiger partial charge < -0.3 is 9.64 Å². The van der Waals surface area contributed by atoms with E-state index in [1.807, 2.05) is 24.3 Å². The molecule has 3 aromatic carbocycles. The van der Waals surface area contributed by atoms with E-state index < -0.39 is 10.0 Å². The van der Waals surface area contributed by atoms with Crippen LogP contribution in [-0.2, 0) is 16.4 Å². The zero-order chi connectivity index (χ0) is 20.4. The highest BCUT2D eigenvalue weighted by Gasteiger charge is 2.26. The average Bonchev–Trinajstić information content (AvgIpc) is 3.18. The Morgan fingerprint density at radius 1 is 1.00 bits per heavy atom. The number of para-hydroxylation sites is 1. The van der Waals surface area contributed by atoms with Crippen molar-refractivity contribution < 1.29 is 17.9 Å². The first-order valence-corrected chi connectivity index (χ1v) is 10.6. The molecule has 7 heteroatoms. The van der Waals surface area contributed by atoms with Gasteiger partial charge in [0.25, 0.3) is 15.9 Å². The lowest BCUT2D eigenvalue weighted by Crippen LogP contribution is -2.29. The molecule has 1 amide bonds. The Labute approximate surface area is 169 Å². The molecule has 0 saturated heterocycles. The first-order chi connectivity index (χ1) is 14.0. The van der Waals surface area contributed by atoms with E-state index in [2.05, 4.69) is 4.72 Å². The number of amides is 1. The molecule has 0 saturated carbocycles. The maximum Gasteiger partial charge on any atom is 0.261 e. The molecule has 1 N–H and O–H groups in total. The van der Waals surface area contributed by atoms with E-state index in [0.717, 1.165) is 17.7 Å². The Morgan fingerprint density at radius 3 is 2.52 bits per heavy atom. The third-order valence-corrected chi connectivity index (χ3v) is 6.24. The lowest BCUT2D eigenvalue weighted by Gasteiger charge is -2.18. The van der Waals surface area contributed by atoms with Crippen LogP contribution < -0.4 is 14.4 Å². The van der Waals surface area contributed by atoms with Gasteiger partial charge in [-0.1, -0.05) is 24.3 Å². The summed E-state index contributed by atoms with van der Waals surface area (Å²) < 4.78 is 33.2. The van der Waals surface area contributed by atoms with Crippen molar-refractivity contribution in [1.29, 1.82) is 0 Å². The zero-order valence-electron chi connectivity index (χ0n) is 15.8. The van der Waals surface area contributed by atoms with Gasteiger partial charge in [-0.3, -0.25) is 9.52 Å². The van der Waals surface area contributed by atoms with E-state index in [1.54, 1.807) is 48.4 Å². The summed E-state index contributed by atoms with van der Waals surface area (Å²) >= 11 is 0. The first kappa shape index (κ1) is 19.0. The number of anilines is 2. The largest absolute Gasteiger partial charge is 0.497 e. The van der Waals surface area contributed by atoms with Crippen LogP contribution >= 0.6 is 0 Å². The molecule has 3 aromatic rings. The number of ether oxygens (including phenoxy) is 1. The summed E-state index contributed by atoms with van der Waals surface area (Å²) in [6.45, 7) is 0.583. The van der Waals surface area contributed by atoms with Crippen molar-refractivity contribution in [2.75, 3.05) is 23.3 Å². The van der Waals surface area contributed by atoms with Crippen LogP contribution in [0.15, 0.2) is 77.7 Å². The van der Waals surface area contributed by atoms with Crippen LogP contribution in [0.2, 0.25) is 0 Å². The summed E-state index contributed by atoms with van der Waals surface area (Å²) in [4.78, 5) is 14.7. The quantitative estimate of drug-likeness (QED) is 0.699. The molecule has 4 rings (SSSR count). The predicted molar refractivity (Wildman–Crippen MR) is 112 cm³/mol. The monoisotopic (exact) mass is 408 g/mol. The molecule has 0 radical (unpaired) electrons. The van der Waals surface area contributed by atoms with Crippen molar-refractivity contribution >= 4 is 27.3 Å². The number of carbonyl (C=O) groups excluding carboxylic acids is 1. The Bertz CT molecular complexity index is 1160. The number of sulfonamides is 1. The molecule has 1 aliphatic heterocycles. The lowest BCUT2D eigenvalue weighted by molar-refractivity contribution is 0.0989. The fourth-order valence-corrected chi connectivity index (χ4v) is 4.48. The molecule has 0 spiro atoms. The molecule has 148 valence electrons. The van der Waals surface area contributed by atoms with Crippen molar-refractivity contribution in [3.8, 4) is 5.75 Å². The van der Waals surface area contributed by atoms with E-state index in [-0.39, 0.29) is 10.8 Å². The standard InChI is InChI=1S/C22H20N2O4S/c1-28-19-11-9-18(10-12-19)23-29(26,27)20-7-4-6-17(15-20)22(25)24-14-13-16-5-2-3-8-21(16)24/h2-12,15,23H,13-14H2,1H3. The van der Waals surface area contributed by atoms with Crippen LogP contribution in [0.4, 0.5) is 11.4 Å². The van der Waals surface area contributed by atoms with Crippen molar-refractivity contribution in [1.82, 2.24) is 0 Å². The van der Waals surface area contributed by atoms with Gasteiger partial charge in [0, 0.05) is 23.5 Å². The van der Waals surface area contributed by atoms with Crippen LogP contribution in [0.5, 0.6) is 5.75 Å². The van der Waals surface area contributed by atoms with E-state index in [1.165, 1.54) is 12.1 Å². The number of nitrogens with zero attached hydrogens (tertiary/aromatic N) is 1. The van der Waals surface area contributed by atoms with Gasteiger partial charge in [0.15, 0.2) is 0 Å². The number of hydrogen-bond donors (Lipinski definition) is 1. The Balaban J connectivity index is 1.58. The Morgan fingerprint density at radius 2 is 1.76 bits per heavy atom. The Kier molecular flexibility index (Phi) is 4.98. The van der Waals surface area contributed by atoms with Gasteiger partial charge in [-0.15, -0.1) is 0 Å². The number of benzene rings is 3. The molecule has 0 fully saturated rings. The third kappa shape index (κ3) is 3.82. The summed E-state index contributed by atoms with van der Waals surface area (Å²) in [6, 6.07) is 20.4. The summed E-state index contributed by atoms with van der Waals surface area (Å²) in [5.74, 6) is 0.419. The van der Waals surface area contributed by atoms with Gasteiger partial charge >= 0.3 is 0 Å². The molecule has 0 atom stereocenters. The number of fused-ring (bicyclic) bond motifs is 1. The van der Waals surface area contributed by atoms with E-state index in [4.69, 9.17) is 4.74 Å². The number of carbonyl (C=O) groups is 1. The average molecular weight is 408 g/mol. The Hall–Kier alpha value is -3.32. The molecule has 0 aromatic heterocycles. The molecule has 29 heavy (non-hydrogen) atoms. The number of rotatable bonds is 5. The molecule has 6 nitrogen and oxygen atoms in total.